The molecule has 2 rings (SSSR count). The van der Waals surface area contributed by atoms with E-state index in [1.54, 1.807) is 43.3 Å². The summed E-state index contributed by atoms with van der Waals surface area (Å²) in [5, 5.41) is 2.81. The molecule has 1 unspecified atom stereocenters. The standard InChI is InChI=1S/C20H24FN3O3/c1-4-24(12-14-5-10-18(27-3)17(21)11-14)13(2)20(26)23-16-8-6-15(7-9-16)19(22)25/h5-11,13H,4,12H2,1-3H3,(H2,22,25)(H,23,26). The van der Waals surface area contributed by atoms with Crippen molar-refractivity contribution < 1.29 is 18.7 Å². The molecule has 0 saturated carbocycles. The molecule has 7 heteroatoms. The first kappa shape index (κ1) is 20.4. The van der Waals surface area contributed by atoms with Crippen LogP contribution in [0, 0.1) is 5.82 Å². The Labute approximate surface area is 158 Å². The van der Waals surface area contributed by atoms with Crippen LogP contribution in [0.25, 0.3) is 0 Å². The van der Waals surface area contributed by atoms with Gasteiger partial charge in [0.05, 0.1) is 13.2 Å². The molecule has 0 aliphatic rings. The topological polar surface area (TPSA) is 84.7 Å². The summed E-state index contributed by atoms with van der Waals surface area (Å²) in [7, 11) is 1.42. The Morgan fingerprint density at radius 1 is 1.22 bits per heavy atom. The highest BCUT2D eigenvalue weighted by molar-refractivity contribution is 5.96. The zero-order valence-electron chi connectivity index (χ0n) is 15.7. The highest BCUT2D eigenvalue weighted by Crippen LogP contribution is 2.19. The van der Waals surface area contributed by atoms with Crippen LogP contribution in [-0.2, 0) is 11.3 Å². The van der Waals surface area contributed by atoms with Crippen molar-refractivity contribution >= 4 is 17.5 Å². The van der Waals surface area contributed by atoms with E-state index < -0.39 is 17.8 Å². The van der Waals surface area contributed by atoms with E-state index in [1.807, 2.05) is 11.8 Å². The van der Waals surface area contributed by atoms with Crippen LogP contribution in [-0.4, -0.2) is 36.4 Å². The van der Waals surface area contributed by atoms with Gasteiger partial charge in [-0.15, -0.1) is 0 Å². The maximum atomic E-state index is 13.9. The highest BCUT2D eigenvalue weighted by atomic mass is 19.1. The smallest absolute Gasteiger partial charge is 0.248 e. The number of anilines is 1. The van der Waals surface area contributed by atoms with Gasteiger partial charge in [0.1, 0.15) is 0 Å². The van der Waals surface area contributed by atoms with Gasteiger partial charge < -0.3 is 15.8 Å². The molecule has 2 amide bonds. The van der Waals surface area contributed by atoms with E-state index in [9.17, 15) is 14.0 Å². The predicted octanol–water partition coefficient (Wildman–Crippen LogP) is 2.78. The van der Waals surface area contributed by atoms with Crippen LogP contribution in [0.2, 0.25) is 0 Å². The average molecular weight is 373 g/mol. The van der Waals surface area contributed by atoms with Crippen molar-refractivity contribution in [3.63, 3.8) is 0 Å². The number of nitrogens with two attached hydrogens (primary N) is 1. The van der Waals surface area contributed by atoms with Crippen molar-refractivity contribution in [3.05, 3.63) is 59.4 Å². The lowest BCUT2D eigenvalue weighted by atomic mass is 10.1. The number of benzene rings is 2. The third kappa shape index (κ3) is 5.27. The molecule has 27 heavy (non-hydrogen) atoms. The fraction of sp³-hybridized carbons (Fsp3) is 0.300. The summed E-state index contributed by atoms with van der Waals surface area (Å²) in [5.74, 6) is -0.965. The first-order valence-corrected chi connectivity index (χ1v) is 8.63. The normalized spacial score (nSPS) is 11.9. The molecule has 0 spiro atoms. The molecule has 2 aromatic rings. The molecule has 0 heterocycles. The molecule has 6 nitrogen and oxygen atoms in total. The minimum Gasteiger partial charge on any atom is -0.494 e. The number of nitrogens with zero attached hydrogens (tertiary/aromatic N) is 1. The second-order valence-corrected chi connectivity index (χ2v) is 6.14. The summed E-state index contributed by atoms with van der Waals surface area (Å²) in [6.07, 6.45) is 0. The summed E-state index contributed by atoms with van der Waals surface area (Å²) in [5.41, 5.74) is 6.90. The fourth-order valence-corrected chi connectivity index (χ4v) is 2.70. The number of rotatable bonds is 8. The number of halogens is 1. The van der Waals surface area contributed by atoms with E-state index >= 15 is 0 Å². The molecule has 0 fully saturated rings. The fourth-order valence-electron chi connectivity index (χ4n) is 2.70. The van der Waals surface area contributed by atoms with Crippen LogP contribution >= 0.6 is 0 Å². The summed E-state index contributed by atoms with van der Waals surface area (Å²) < 4.78 is 18.8. The number of likely N-dealkylation sites (N-methyl/N-ethyl adjacent to an activating group) is 1. The van der Waals surface area contributed by atoms with E-state index in [0.717, 1.165) is 5.56 Å². The number of carbonyl (C=O) groups is 2. The molecule has 1 atom stereocenters. The Kier molecular flexibility index (Phi) is 6.90. The number of hydrogen-bond acceptors (Lipinski definition) is 4. The second-order valence-electron chi connectivity index (χ2n) is 6.14. The van der Waals surface area contributed by atoms with Crippen molar-refractivity contribution in [1.29, 1.82) is 0 Å². The Morgan fingerprint density at radius 3 is 2.41 bits per heavy atom. The Hall–Kier alpha value is -2.93. The number of methoxy groups -OCH3 is 1. The van der Waals surface area contributed by atoms with Gasteiger partial charge in [-0.1, -0.05) is 13.0 Å². The Balaban J connectivity index is 2.04. The molecule has 2 aromatic carbocycles. The SMILES string of the molecule is CCN(Cc1ccc(OC)c(F)c1)C(C)C(=O)Nc1ccc(C(N)=O)cc1. The Bertz CT molecular complexity index is 809. The van der Waals surface area contributed by atoms with Crippen molar-refractivity contribution in [3.8, 4) is 5.75 Å². The van der Waals surface area contributed by atoms with Crippen LogP contribution in [0.15, 0.2) is 42.5 Å². The van der Waals surface area contributed by atoms with Crippen LogP contribution in [0.5, 0.6) is 5.75 Å². The summed E-state index contributed by atoms with van der Waals surface area (Å²) in [6, 6.07) is 10.7. The van der Waals surface area contributed by atoms with E-state index in [-0.39, 0.29) is 11.7 Å². The molecular formula is C20H24FN3O3. The quantitative estimate of drug-likeness (QED) is 0.745. The number of carbonyl (C=O) groups excluding carboxylic acids is 2. The van der Waals surface area contributed by atoms with Crippen molar-refractivity contribution in [2.24, 2.45) is 5.73 Å². The lowest BCUT2D eigenvalue weighted by molar-refractivity contribution is -0.120. The molecule has 0 aliphatic carbocycles. The largest absolute Gasteiger partial charge is 0.494 e. The van der Waals surface area contributed by atoms with Gasteiger partial charge in [-0.05, 0) is 55.4 Å². The van der Waals surface area contributed by atoms with Gasteiger partial charge in [-0.2, -0.15) is 0 Å². The van der Waals surface area contributed by atoms with Crippen LogP contribution in [0.4, 0.5) is 10.1 Å². The number of hydrogen-bond donors (Lipinski definition) is 2. The van der Waals surface area contributed by atoms with E-state index in [0.29, 0.717) is 24.3 Å². The number of ether oxygens (including phenoxy) is 1. The third-order valence-corrected chi connectivity index (χ3v) is 4.37. The van der Waals surface area contributed by atoms with E-state index in [4.69, 9.17) is 10.5 Å². The first-order valence-electron chi connectivity index (χ1n) is 8.63. The van der Waals surface area contributed by atoms with Gasteiger partial charge in [0, 0.05) is 17.8 Å². The molecule has 0 aromatic heterocycles. The van der Waals surface area contributed by atoms with E-state index in [2.05, 4.69) is 5.32 Å². The first-order chi connectivity index (χ1) is 12.8. The second kappa shape index (κ2) is 9.14. The summed E-state index contributed by atoms with van der Waals surface area (Å²) in [6.45, 7) is 4.76. The average Bonchev–Trinajstić information content (AvgIpc) is 2.66. The molecule has 0 saturated heterocycles. The number of amides is 2. The van der Waals surface area contributed by atoms with Crippen LogP contribution < -0.4 is 15.8 Å². The minimum atomic E-state index is -0.523. The molecule has 3 N–H and O–H groups in total. The summed E-state index contributed by atoms with van der Waals surface area (Å²) in [4.78, 5) is 25.6. The van der Waals surface area contributed by atoms with E-state index in [1.165, 1.54) is 13.2 Å². The van der Waals surface area contributed by atoms with Gasteiger partial charge in [0.2, 0.25) is 11.8 Å². The van der Waals surface area contributed by atoms with Gasteiger partial charge in [-0.25, -0.2) is 4.39 Å². The summed E-state index contributed by atoms with van der Waals surface area (Å²) >= 11 is 0. The predicted molar refractivity (Wildman–Crippen MR) is 102 cm³/mol. The highest BCUT2D eigenvalue weighted by Gasteiger charge is 2.21. The van der Waals surface area contributed by atoms with Crippen molar-refractivity contribution in [1.82, 2.24) is 4.90 Å². The maximum absolute atomic E-state index is 13.9. The van der Waals surface area contributed by atoms with Crippen molar-refractivity contribution in [2.45, 2.75) is 26.4 Å². The molecular weight excluding hydrogens is 349 g/mol. The minimum absolute atomic E-state index is 0.187. The molecule has 144 valence electrons. The number of nitrogens with one attached hydrogen (secondary N) is 1. The van der Waals surface area contributed by atoms with Crippen LogP contribution in [0.3, 0.4) is 0 Å². The monoisotopic (exact) mass is 373 g/mol. The van der Waals surface area contributed by atoms with Gasteiger partial charge in [0.15, 0.2) is 11.6 Å². The molecule has 0 radical (unpaired) electrons. The van der Waals surface area contributed by atoms with Gasteiger partial charge in [-0.3, -0.25) is 14.5 Å². The third-order valence-electron chi connectivity index (χ3n) is 4.37. The zero-order chi connectivity index (χ0) is 20.0. The molecule has 0 bridgehead atoms. The lowest BCUT2D eigenvalue weighted by Crippen LogP contribution is -2.41. The lowest BCUT2D eigenvalue weighted by Gasteiger charge is -2.27. The Morgan fingerprint density at radius 2 is 1.89 bits per heavy atom. The van der Waals surface area contributed by atoms with Crippen LogP contribution in [0.1, 0.15) is 29.8 Å². The van der Waals surface area contributed by atoms with Crippen molar-refractivity contribution in [2.75, 3.05) is 19.0 Å². The molecule has 0 aliphatic heterocycles. The zero-order valence-corrected chi connectivity index (χ0v) is 15.7. The maximum Gasteiger partial charge on any atom is 0.248 e. The van der Waals surface area contributed by atoms with Gasteiger partial charge in [0.25, 0.3) is 0 Å². The van der Waals surface area contributed by atoms with Gasteiger partial charge >= 0.3 is 0 Å². The number of primary amides is 1.